The van der Waals surface area contributed by atoms with Crippen LogP contribution in [0.2, 0.25) is 0 Å². The highest BCUT2D eigenvalue weighted by Gasteiger charge is 2.05. The first kappa shape index (κ1) is 20.3. The van der Waals surface area contributed by atoms with Crippen molar-refractivity contribution in [3.63, 3.8) is 0 Å². The van der Waals surface area contributed by atoms with E-state index in [4.69, 9.17) is 4.74 Å². The Morgan fingerprint density at radius 1 is 0.963 bits per heavy atom. The molecule has 0 saturated heterocycles. The maximum absolute atomic E-state index is 11.9. The molecule has 0 atom stereocenters. The third kappa shape index (κ3) is 7.40. The van der Waals surface area contributed by atoms with E-state index in [9.17, 15) is 4.79 Å². The van der Waals surface area contributed by atoms with Gasteiger partial charge in [-0.05, 0) is 43.7 Å². The summed E-state index contributed by atoms with van der Waals surface area (Å²) < 4.78 is 5.67. The van der Waals surface area contributed by atoms with E-state index in [-0.39, 0.29) is 5.91 Å². The van der Waals surface area contributed by atoms with Crippen molar-refractivity contribution in [2.45, 2.75) is 20.4 Å². The number of carbonyl (C=O) groups excluding carboxylic acids is 1. The lowest BCUT2D eigenvalue weighted by atomic mass is 10.1. The van der Waals surface area contributed by atoms with Crippen molar-refractivity contribution in [1.82, 2.24) is 16.0 Å². The van der Waals surface area contributed by atoms with Crippen LogP contribution in [-0.2, 0) is 6.54 Å². The molecule has 0 bridgehead atoms. The molecule has 6 heteroatoms. The van der Waals surface area contributed by atoms with Gasteiger partial charge in [0.05, 0.1) is 13.1 Å². The monoisotopic (exact) mass is 368 g/mol. The van der Waals surface area contributed by atoms with Gasteiger partial charge in [-0.3, -0.25) is 4.79 Å². The molecule has 2 aromatic carbocycles. The third-order valence-corrected chi connectivity index (χ3v) is 3.70. The molecule has 0 heterocycles. The van der Waals surface area contributed by atoms with E-state index >= 15 is 0 Å². The Kier molecular flexibility index (Phi) is 8.69. The van der Waals surface area contributed by atoms with Crippen molar-refractivity contribution in [2.75, 3.05) is 26.2 Å². The Bertz CT molecular complexity index is 732. The van der Waals surface area contributed by atoms with Gasteiger partial charge in [-0.1, -0.05) is 30.3 Å². The summed E-state index contributed by atoms with van der Waals surface area (Å²) in [5, 5.41) is 9.28. The molecular formula is C21H28N4O2. The lowest BCUT2D eigenvalue weighted by molar-refractivity contribution is 0.0955. The number of carbonyl (C=O) groups is 1. The number of para-hydroxylation sites is 1. The van der Waals surface area contributed by atoms with Gasteiger partial charge in [0.2, 0.25) is 0 Å². The number of aliphatic imine (C=N–C) groups is 1. The van der Waals surface area contributed by atoms with Gasteiger partial charge in [0.25, 0.3) is 5.91 Å². The molecule has 0 saturated carbocycles. The van der Waals surface area contributed by atoms with E-state index in [1.807, 2.05) is 68.4 Å². The number of hydrogen-bond donors (Lipinski definition) is 3. The molecular weight excluding hydrogens is 340 g/mol. The Balaban J connectivity index is 1.87. The molecule has 3 N–H and O–H groups in total. The summed E-state index contributed by atoms with van der Waals surface area (Å²) >= 11 is 0. The van der Waals surface area contributed by atoms with E-state index in [0.29, 0.717) is 31.8 Å². The Hall–Kier alpha value is -3.02. The average molecular weight is 368 g/mol. The molecule has 0 fully saturated rings. The molecule has 27 heavy (non-hydrogen) atoms. The van der Waals surface area contributed by atoms with E-state index in [2.05, 4.69) is 20.9 Å². The van der Waals surface area contributed by atoms with Crippen LogP contribution in [0.5, 0.6) is 5.75 Å². The second kappa shape index (κ2) is 11.6. The summed E-state index contributed by atoms with van der Waals surface area (Å²) in [6, 6.07) is 17.2. The SMILES string of the molecule is CCNC(=O)c1cccc(CN=C(NCC)NCCOc2ccccc2)c1. The van der Waals surface area contributed by atoms with Gasteiger partial charge in [-0.2, -0.15) is 0 Å². The zero-order valence-electron chi connectivity index (χ0n) is 16.0. The van der Waals surface area contributed by atoms with Crippen molar-refractivity contribution in [2.24, 2.45) is 4.99 Å². The largest absolute Gasteiger partial charge is 0.492 e. The van der Waals surface area contributed by atoms with Crippen molar-refractivity contribution >= 4 is 11.9 Å². The average Bonchev–Trinajstić information content (AvgIpc) is 2.70. The highest BCUT2D eigenvalue weighted by atomic mass is 16.5. The molecule has 6 nitrogen and oxygen atoms in total. The minimum atomic E-state index is -0.0635. The maximum atomic E-state index is 11.9. The fourth-order valence-corrected chi connectivity index (χ4v) is 2.44. The fraction of sp³-hybridized carbons (Fsp3) is 0.333. The number of guanidine groups is 1. The molecule has 144 valence electrons. The number of benzene rings is 2. The number of nitrogens with one attached hydrogen (secondary N) is 3. The molecule has 2 aromatic rings. The van der Waals surface area contributed by atoms with Crippen LogP contribution < -0.4 is 20.7 Å². The Morgan fingerprint density at radius 3 is 2.48 bits per heavy atom. The summed E-state index contributed by atoms with van der Waals surface area (Å²) in [6.45, 7) is 6.98. The first-order valence-electron chi connectivity index (χ1n) is 9.30. The van der Waals surface area contributed by atoms with Crippen LogP contribution in [-0.4, -0.2) is 38.1 Å². The second-order valence-electron chi connectivity index (χ2n) is 5.84. The molecule has 0 spiro atoms. The third-order valence-electron chi connectivity index (χ3n) is 3.70. The predicted molar refractivity (Wildman–Crippen MR) is 109 cm³/mol. The fourth-order valence-electron chi connectivity index (χ4n) is 2.44. The summed E-state index contributed by atoms with van der Waals surface area (Å²) in [4.78, 5) is 16.5. The standard InChI is InChI=1S/C21H28N4O2/c1-3-22-20(26)18-10-8-9-17(15-18)16-25-21(23-4-2)24-13-14-27-19-11-6-5-7-12-19/h5-12,15H,3-4,13-14,16H2,1-2H3,(H,22,26)(H2,23,24,25). The van der Waals surface area contributed by atoms with Crippen LogP contribution in [0.4, 0.5) is 0 Å². The van der Waals surface area contributed by atoms with E-state index in [1.54, 1.807) is 0 Å². The highest BCUT2D eigenvalue weighted by molar-refractivity contribution is 5.94. The van der Waals surface area contributed by atoms with Crippen LogP contribution >= 0.6 is 0 Å². The number of ether oxygens (including phenoxy) is 1. The lowest BCUT2D eigenvalue weighted by Crippen LogP contribution is -2.39. The molecule has 0 aliphatic rings. The van der Waals surface area contributed by atoms with Crippen molar-refractivity contribution < 1.29 is 9.53 Å². The molecule has 0 aliphatic carbocycles. The molecule has 2 rings (SSSR count). The van der Waals surface area contributed by atoms with Crippen molar-refractivity contribution in [3.05, 3.63) is 65.7 Å². The van der Waals surface area contributed by atoms with Crippen molar-refractivity contribution in [1.29, 1.82) is 0 Å². The van der Waals surface area contributed by atoms with Crippen LogP contribution in [0.3, 0.4) is 0 Å². The smallest absolute Gasteiger partial charge is 0.251 e. The molecule has 0 unspecified atom stereocenters. The number of hydrogen-bond acceptors (Lipinski definition) is 3. The van der Waals surface area contributed by atoms with Crippen LogP contribution in [0.1, 0.15) is 29.8 Å². The molecule has 0 aliphatic heterocycles. The van der Waals surface area contributed by atoms with Gasteiger partial charge in [0, 0.05) is 18.7 Å². The molecule has 0 radical (unpaired) electrons. The predicted octanol–water partition coefficient (Wildman–Crippen LogP) is 2.57. The van der Waals surface area contributed by atoms with Gasteiger partial charge in [-0.25, -0.2) is 4.99 Å². The van der Waals surface area contributed by atoms with Gasteiger partial charge in [-0.15, -0.1) is 0 Å². The summed E-state index contributed by atoms with van der Waals surface area (Å²) in [6.07, 6.45) is 0. The highest BCUT2D eigenvalue weighted by Crippen LogP contribution is 2.08. The topological polar surface area (TPSA) is 74.8 Å². The Morgan fingerprint density at radius 2 is 1.74 bits per heavy atom. The van der Waals surface area contributed by atoms with E-state index < -0.39 is 0 Å². The maximum Gasteiger partial charge on any atom is 0.251 e. The minimum absolute atomic E-state index is 0.0635. The normalized spacial score (nSPS) is 11.0. The van der Waals surface area contributed by atoms with Crippen LogP contribution in [0.15, 0.2) is 59.6 Å². The summed E-state index contributed by atoms with van der Waals surface area (Å²) in [5.74, 6) is 1.51. The van der Waals surface area contributed by atoms with Gasteiger partial charge < -0.3 is 20.7 Å². The van der Waals surface area contributed by atoms with Crippen LogP contribution in [0.25, 0.3) is 0 Å². The first-order chi connectivity index (χ1) is 13.2. The van der Waals surface area contributed by atoms with Crippen LogP contribution in [0, 0.1) is 0 Å². The summed E-state index contributed by atoms with van der Waals surface area (Å²) in [7, 11) is 0. The van der Waals surface area contributed by atoms with Gasteiger partial charge in [0.15, 0.2) is 5.96 Å². The van der Waals surface area contributed by atoms with Gasteiger partial charge >= 0.3 is 0 Å². The lowest BCUT2D eigenvalue weighted by Gasteiger charge is -2.12. The zero-order chi connectivity index (χ0) is 19.3. The summed E-state index contributed by atoms with van der Waals surface area (Å²) in [5.41, 5.74) is 1.63. The first-order valence-corrected chi connectivity index (χ1v) is 9.30. The van der Waals surface area contributed by atoms with Crippen molar-refractivity contribution in [3.8, 4) is 5.75 Å². The second-order valence-corrected chi connectivity index (χ2v) is 5.84. The van der Waals surface area contributed by atoms with E-state index in [1.165, 1.54) is 0 Å². The number of amides is 1. The molecule has 1 amide bonds. The zero-order valence-corrected chi connectivity index (χ0v) is 16.0. The number of rotatable bonds is 9. The number of nitrogens with zero attached hydrogens (tertiary/aromatic N) is 1. The van der Waals surface area contributed by atoms with E-state index in [0.717, 1.165) is 23.8 Å². The van der Waals surface area contributed by atoms with Gasteiger partial charge in [0.1, 0.15) is 12.4 Å². The Labute approximate surface area is 161 Å². The quantitative estimate of drug-likeness (QED) is 0.361. The minimum Gasteiger partial charge on any atom is -0.492 e. The molecule has 0 aromatic heterocycles.